The molecule has 0 radical (unpaired) electrons. The van der Waals surface area contributed by atoms with Crippen molar-refractivity contribution in [2.45, 2.75) is 0 Å². The third kappa shape index (κ3) is 10.8. The van der Waals surface area contributed by atoms with E-state index in [4.69, 9.17) is 0 Å². The summed E-state index contributed by atoms with van der Waals surface area (Å²) < 4.78 is 9.80. The summed E-state index contributed by atoms with van der Waals surface area (Å²) in [6, 6.07) is 165. The summed E-state index contributed by atoms with van der Waals surface area (Å²) in [7, 11) is 0. The molecule has 0 amide bonds. The number of benzene rings is 20. The summed E-state index contributed by atoms with van der Waals surface area (Å²) in [5.74, 6) is 0. The van der Waals surface area contributed by atoms with Crippen LogP contribution < -0.4 is 4.90 Å². The van der Waals surface area contributed by atoms with Gasteiger partial charge in [-0.25, -0.2) is 0 Å². The molecule has 572 valence electrons. The van der Waals surface area contributed by atoms with Gasteiger partial charge in [-0.1, -0.05) is 328 Å². The van der Waals surface area contributed by atoms with E-state index in [9.17, 15) is 0 Å². The van der Waals surface area contributed by atoms with Crippen molar-refractivity contribution in [2.75, 3.05) is 4.90 Å². The average molecular weight is 1560 g/mol. The van der Waals surface area contributed by atoms with Gasteiger partial charge in [0.05, 0.1) is 44.3 Å². The first-order valence-corrected chi connectivity index (χ1v) is 42.5. The highest BCUT2D eigenvalue weighted by Gasteiger charge is 2.33. The summed E-state index contributed by atoms with van der Waals surface area (Å²) >= 11 is 0. The van der Waals surface area contributed by atoms with Gasteiger partial charge in [-0.15, -0.1) is 0 Å². The van der Waals surface area contributed by atoms with Crippen molar-refractivity contribution in [3.05, 3.63) is 455 Å². The summed E-state index contributed by atoms with van der Waals surface area (Å²) in [6.45, 7) is 0. The van der Waals surface area contributed by atoms with E-state index in [1.807, 2.05) is 0 Å². The molecular formula is C118H75N5. The van der Waals surface area contributed by atoms with Crippen molar-refractivity contribution in [1.82, 2.24) is 18.3 Å². The predicted molar refractivity (Wildman–Crippen MR) is 518 cm³/mol. The van der Waals surface area contributed by atoms with Crippen LogP contribution in [0.3, 0.4) is 0 Å². The van der Waals surface area contributed by atoms with Crippen LogP contribution in [0.25, 0.3) is 221 Å². The summed E-state index contributed by atoms with van der Waals surface area (Å²) in [6.07, 6.45) is 0. The van der Waals surface area contributed by atoms with Gasteiger partial charge in [-0.05, 0) is 238 Å². The Labute approximate surface area is 711 Å². The Balaban J connectivity index is 0.000000110. The van der Waals surface area contributed by atoms with Crippen molar-refractivity contribution in [3.63, 3.8) is 0 Å². The number of hydrogen-bond acceptors (Lipinski definition) is 1. The van der Waals surface area contributed by atoms with Gasteiger partial charge in [0.2, 0.25) is 0 Å². The van der Waals surface area contributed by atoms with Crippen LogP contribution in [0.4, 0.5) is 17.1 Å². The van der Waals surface area contributed by atoms with Crippen molar-refractivity contribution in [1.29, 1.82) is 0 Å². The second-order valence-electron chi connectivity index (χ2n) is 32.4. The van der Waals surface area contributed by atoms with E-state index < -0.39 is 0 Å². The first-order chi connectivity index (χ1) is 61.1. The monoisotopic (exact) mass is 1560 g/mol. The van der Waals surface area contributed by atoms with Gasteiger partial charge in [-0.2, -0.15) is 0 Å². The highest BCUT2D eigenvalue weighted by molar-refractivity contribution is 6.33. The molecule has 0 saturated heterocycles. The first-order valence-electron chi connectivity index (χ1n) is 42.5. The molecule has 0 spiro atoms. The third-order valence-corrected chi connectivity index (χ3v) is 25.9. The molecule has 0 aliphatic heterocycles. The highest BCUT2D eigenvalue weighted by atomic mass is 15.1. The lowest BCUT2D eigenvalue weighted by Crippen LogP contribution is -2.10. The Morgan fingerprint density at radius 2 is 0.431 bits per heavy atom. The fraction of sp³-hybridized carbons (Fsp3) is 0. The normalized spacial score (nSPS) is 11.9. The molecule has 3 aliphatic carbocycles. The first kappa shape index (κ1) is 69.7. The lowest BCUT2D eigenvalue weighted by atomic mass is 9.93. The van der Waals surface area contributed by atoms with Crippen LogP contribution in [0.2, 0.25) is 0 Å². The van der Waals surface area contributed by atoms with Gasteiger partial charge < -0.3 is 23.2 Å². The minimum atomic E-state index is 1.09. The van der Waals surface area contributed by atoms with Gasteiger partial charge in [0.1, 0.15) is 0 Å². The number of nitrogens with zero attached hydrogens (tertiary/aromatic N) is 5. The zero-order valence-corrected chi connectivity index (χ0v) is 67.0. The molecule has 0 fully saturated rings. The Kier molecular flexibility index (Phi) is 16.0. The summed E-state index contributed by atoms with van der Waals surface area (Å²) in [4.78, 5) is 2.34. The van der Waals surface area contributed by atoms with Crippen molar-refractivity contribution < 1.29 is 0 Å². The van der Waals surface area contributed by atoms with E-state index >= 15 is 0 Å². The molecule has 0 unspecified atom stereocenters. The predicted octanol–water partition coefficient (Wildman–Crippen LogP) is 32.0. The molecule has 0 N–H and O–H groups in total. The fourth-order valence-electron chi connectivity index (χ4n) is 20.8. The molecule has 0 saturated carbocycles. The van der Waals surface area contributed by atoms with E-state index in [2.05, 4.69) is 478 Å². The maximum atomic E-state index is 2.49. The van der Waals surface area contributed by atoms with E-state index in [1.54, 1.807) is 0 Å². The number of hydrogen-bond donors (Lipinski definition) is 0. The number of anilines is 3. The second-order valence-corrected chi connectivity index (χ2v) is 32.4. The van der Waals surface area contributed by atoms with E-state index in [0.717, 1.165) is 22.7 Å². The number of aromatic nitrogens is 4. The number of para-hydroxylation sites is 3. The quantitative estimate of drug-likeness (QED) is 0.134. The van der Waals surface area contributed by atoms with Crippen molar-refractivity contribution in [3.8, 4) is 123 Å². The van der Waals surface area contributed by atoms with Gasteiger partial charge in [0.25, 0.3) is 0 Å². The number of fused-ring (bicyclic) bond motifs is 8. The van der Waals surface area contributed by atoms with E-state index in [1.165, 1.54) is 215 Å². The molecule has 20 aromatic carbocycles. The molecule has 24 aromatic rings. The van der Waals surface area contributed by atoms with Gasteiger partial charge in [-0.3, -0.25) is 0 Å². The largest absolute Gasteiger partial charge is 0.311 e. The van der Waals surface area contributed by atoms with Crippen LogP contribution >= 0.6 is 0 Å². The van der Waals surface area contributed by atoms with Crippen molar-refractivity contribution >= 4 is 115 Å². The summed E-state index contributed by atoms with van der Waals surface area (Å²) in [5.41, 5.74) is 39.5. The molecule has 4 aromatic heterocycles. The maximum Gasteiger partial charge on any atom is 0.0619 e. The zero-order chi connectivity index (χ0) is 80.7. The molecule has 5 heteroatoms. The van der Waals surface area contributed by atoms with Gasteiger partial charge >= 0.3 is 0 Å². The second kappa shape index (κ2) is 28.2. The lowest BCUT2D eigenvalue weighted by Gasteiger charge is -2.26. The molecule has 3 aliphatic rings. The van der Waals surface area contributed by atoms with Crippen LogP contribution in [-0.2, 0) is 0 Å². The molecule has 0 bridgehead atoms. The molecular weight excluding hydrogens is 1490 g/mol. The number of rotatable bonds is 10. The smallest absolute Gasteiger partial charge is 0.0619 e. The third-order valence-electron chi connectivity index (χ3n) is 25.9. The Morgan fingerprint density at radius 3 is 0.902 bits per heavy atom. The molecule has 4 heterocycles. The maximum absolute atomic E-state index is 2.49. The lowest BCUT2D eigenvalue weighted by molar-refractivity contribution is 1.13. The van der Waals surface area contributed by atoms with Crippen LogP contribution in [0.1, 0.15) is 0 Å². The highest BCUT2D eigenvalue weighted by Crippen LogP contribution is 2.57. The van der Waals surface area contributed by atoms with E-state index in [-0.39, 0.29) is 0 Å². The van der Waals surface area contributed by atoms with Gasteiger partial charge in [0.15, 0.2) is 0 Å². The van der Waals surface area contributed by atoms with Gasteiger partial charge in [0, 0.05) is 83.1 Å². The molecule has 0 atom stereocenters. The SMILES string of the molecule is c1ccc(-c2ccc(N(c3ccccc3)c3ccc(-n4c(-c5ccccc5)c5c6c(cccc64)-c4cccc6c4c4c-5cccc4n6-c4ccccc4)cc3)cc2)cc1.c1ccc(-c2cccc(-n3c4cccc5c4c4c6c(cccc6ccc43)-c3ccccc3-5)c2)cc1.c1ccc(-n2c3cccc4c3c3c5c(cccc5ccc32)-c2ccccc2-4)cc1. The zero-order valence-electron chi connectivity index (χ0n) is 67.0. The Bertz CT molecular complexity index is 8370. The summed E-state index contributed by atoms with van der Waals surface area (Å²) in [5, 5.41) is 14.6. The molecule has 123 heavy (non-hydrogen) atoms. The van der Waals surface area contributed by atoms with Crippen molar-refractivity contribution in [2.24, 2.45) is 0 Å². The Morgan fingerprint density at radius 1 is 0.146 bits per heavy atom. The van der Waals surface area contributed by atoms with Crippen LogP contribution in [0, 0.1) is 0 Å². The Hall–Kier alpha value is -16.3. The minimum absolute atomic E-state index is 1.09. The average Bonchev–Trinajstić information content (AvgIpc) is 1.61. The van der Waals surface area contributed by atoms with Crippen LogP contribution in [0.5, 0.6) is 0 Å². The van der Waals surface area contributed by atoms with E-state index in [0.29, 0.717) is 0 Å². The topological polar surface area (TPSA) is 23.0 Å². The standard InChI is InChI=1S/C56H37N3.C34H21N.C28H17N/c1-5-16-38(17-6-1)39-30-32-43(33-31-39)57(41-20-9-3-10-21-41)44-34-36-45(37-35-44)59-51-29-14-25-47-46-24-13-27-49-52(46)54-48(55(53(47)51)56(59)40-18-7-2-8-19-40)26-15-28-50(54)58(49)42-22-11-4-12-23-42;1-2-9-22(10-3-1)24-12-6-13-25(21-24)35-30-18-8-17-29-27-15-5-4-14-26(27)28-16-7-11-23-19-20-31(35)34(32(23)28)33(29)30;1-2-9-19(10-3-1)29-24-15-7-14-23-21-12-5-4-11-20(21)22-13-6-8-18-16-17-25(29)28(26(18)22)27(23)24/h1-37H;1-21H;1-17H. The minimum Gasteiger partial charge on any atom is -0.311 e. The molecule has 5 nitrogen and oxygen atoms in total. The molecule has 27 rings (SSSR count). The van der Waals surface area contributed by atoms with Crippen LogP contribution in [0.15, 0.2) is 455 Å². The van der Waals surface area contributed by atoms with Crippen LogP contribution in [-0.4, -0.2) is 18.3 Å². The fourth-order valence-corrected chi connectivity index (χ4v) is 20.8.